The molecule has 29 heavy (non-hydrogen) atoms. The van der Waals surface area contributed by atoms with E-state index in [0.717, 1.165) is 11.1 Å². The minimum absolute atomic E-state index is 0.569. The van der Waals surface area contributed by atoms with Crippen LogP contribution in [0.2, 0.25) is 0 Å². The molecule has 0 aliphatic carbocycles. The molecule has 152 valence electrons. The second kappa shape index (κ2) is 8.37. The highest BCUT2D eigenvalue weighted by Crippen LogP contribution is 2.10. The summed E-state index contributed by atoms with van der Waals surface area (Å²) >= 11 is 0. The second-order valence-electron chi connectivity index (χ2n) is 6.71. The Hall–Kier alpha value is -3.96. The monoisotopic (exact) mass is 396 g/mol. The lowest BCUT2D eigenvalue weighted by molar-refractivity contribution is 0.769. The van der Waals surface area contributed by atoms with Crippen LogP contribution in [0.25, 0.3) is 0 Å². The zero-order valence-corrected chi connectivity index (χ0v) is 16.3. The van der Waals surface area contributed by atoms with E-state index in [9.17, 15) is 0 Å². The average molecular weight is 396 g/mol. The maximum absolute atomic E-state index is 4.09. The third kappa shape index (κ3) is 4.86. The number of hydrogen-bond acceptors (Lipinski definition) is 8. The van der Waals surface area contributed by atoms with Gasteiger partial charge in [-0.05, 0) is 23.3 Å². The molecule has 0 fully saturated rings. The van der Waals surface area contributed by atoms with Crippen molar-refractivity contribution in [3.8, 4) is 0 Å². The van der Waals surface area contributed by atoms with Crippen molar-refractivity contribution in [2.75, 3.05) is 34.9 Å². The molecule has 0 unspecified atom stereocenters. The van der Waals surface area contributed by atoms with Crippen LogP contribution >= 0.6 is 0 Å². The molecule has 0 aliphatic rings. The average Bonchev–Trinajstić information content (AvgIpc) is 3.51. The maximum Gasteiger partial charge on any atom is 0.225 e. The standard InChI is InChI=1S/C17H24N12/c1-28(2)17-23-15(26-27-17)20-9-13-4-6-29(10-13)11-21-16-22-14(24-25-16)19-8-12-3-5-18-7-12/h3-7,10,18H,8-9,11H2,1-2H3,(H2,20,23,26,27)(H3,19,21,22,24,25). The molecule has 12 heteroatoms. The van der Waals surface area contributed by atoms with E-state index >= 15 is 0 Å². The summed E-state index contributed by atoms with van der Waals surface area (Å²) in [5, 5.41) is 25.9. The third-order valence-corrected chi connectivity index (χ3v) is 4.21. The molecule has 0 radical (unpaired) electrons. The Morgan fingerprint density at radius 2 is 1.62 bits per heavy atom. The molecule has 0 aromatic carbocycles. The van der Waals surface area contributed by atoms with Crippen molar-refractivity contribution in [3.63, 3.8) is 0 Å². The van der Waals surface area contributed by atoms with E-state index in [4.69, 9.17) is 0 Å². The molecule has 4 rings (SSSR count). The number of aromatic amines is 3. The first-order chi connectivity index (χ1) is 14.2. The van der Waals surface area contributed by atoms with Crippen molar-refractivity contribution in [1.29, 1.82) is 0 Å². The molecule has 0 amide bonds. The highest BCUT2D eigenvalue weighted by atomic mass is 15.4. The lowest BCUT2D eigenvalue weighted by Gasteiger charge is -2.05. The Morgan fingerprint density at radius 1 is 0.897 bits per heavy atom. The molecule has 4 heterocycles. The van der Waals surface area contributed by atoms with E-state index in [1.807, 2.05) is 60.5 Å². The zero-order valence-electron chi connectivity index (χ0n) is 16.3. The Kier molecular flexibility index (Phi) is 5.31. The van der Waals surface area contributed by atoms with Gasteiger partial charge >= 0.3 is 0 Å². The van der Waals surface area contributed by atoms with E-state index in [2.05, 4.69) is 51.3 Å². The molecule has 0 saturated carbocycles. The van der Waals surface area contributed by atoms with Gasteiger partial charge in [-0.15, -0.1) is 20.4 Å². The third-order valence-electron chi connectivity index (χ3n) is 4.21. The van der Waals surface area contributed by atoms with E-state index in [0.29, 0.717) is 43.6 Å². The molecule has 6 N–H and O–H groups in total. The number of H-pyrrole nitrogens is 3. The normalized spacial score (nSPS) is 10.8. The summed E-state index contributed by atoms with van der Waals surface area (Å²) in [5.74, 6) is 2.58. The van der Waals surface area contributed by atoms with Gasteiger partial charge in [0.1, 0.15) is 0 Å². The Labute approximate surface area is 167 Å². The van der Waals surface area contributed by atoms with E-state index in [-0.39, 0.29) is 0 Å². The predicted molar refractivity (Wildman–Crippen MR) is 111 cm³/mol. The molecule has 0 aliphatic heterocycles. The quantitative estimate of drug-likeness (QED) is 0.236. The lowest BCUT2D eigenvalue weighted by atomic mass is 10.3. The Bertz CT molecular complexity index is 1010. The van der Waals surface area contributed by atoms with Crippen LogP contribution in [-0.4, -0.2) is 54.0 Å². The summed E-state index contributed by atoms with van der Waals surface area (Å²) in [7, 11) is 3.82. The molecular weight excluding hydrogens is 372 g/mol. The van der Waals surface area contributed by atoms with E-state index in [1.165, 1.54) is 0 Å². The second-order valence-corrected chi connectivity index (χ2v) is 6.71. The SMILES string of the molecule is CN(C)c1nnc(NCc2ccn(CNc3nnc(NCc4cc[nH]c4)[nH]3)c2)[nH]1. The summed E-state index contributed by atoms with van der Waals surface area (Å²) < 4.78 is 2.03. The van der Waals surface area contributed by atoms with Crippen molar-refractivity contribution in [3.05, 3.63) is 48.0 Å². The minimum atomic E-state index is 0.569. The van der Waals surface area contributed by atoms with Gasteiger partial charge in [0, 0.05) is 52.0 Å². The van der Waals surface area contributed by atoms with Crippen LogP contribution in [0.3, 0.4) is 0 Å². The smallest absolute Gasteiger partial charge is 0.225 e. The first kappa shape index (κ1) is 18.4. The summed E-state index contributed by atoms with van der Waals surface area (Å²) in [6.07, 6.45) is 7.87. The van der Waals surface area contributed by atoms with Crippen LogP contribution in [0.4, 0.5) is 23.8 Å². The Balaban J connectivity index is 1.23. The molecule has 12 nitrogen and oxygen atoms in total. The molecule has 0 saturated heterocycles. The topological polar surface area (TPSA) is 143 Å². The zero-order chi connectivity index (χ0) is 20.1. The first-order valence-corrected chi connectivity index (χ1v) is 9.16. The summed E-state index contributed by atoms with van der Waals surface area (Å²) in [6, 6.07) is 4.05. The van der Waals surface area contributed by atoms with Gasteiger partial charge in [0.2, 0.25) is 23.8 Å². The van der Waals surface area contributed by atoms with E-state index in [1.54, 1.807) is 0 Å². The van der Waals surface area contributed by atoms with Crippen LogP contribution in [0, 0.1) is 0 Å². The van der Waals surface area contributed by atoms with Crippen molar-refractivity contribution < 1.29 is 0 Å². The Morgan fingerprint density at radius 3 is 2.34 bits per heavy atom. The fourth-order valence-corrected chi connectivity index (χ4v) is 2.65. The lowest BCUT2D eigenvalue weighted by Crippen LogP contribution is -2.10. The van der Waals surface area contributed by atoms with Gasteiger partial charge in [-0.1, -0.05) is 0 Å². The predicted octanol–water partition coefficient (Wildman–Crippen LogP) is 1.41. The highest BCUT2D eigenvalue weighted by Gasteiger charge is 2.05. The summed E-state index contributed by atoms with van der Waals surface area (Å²) in [5.41, 5.74) is 2.27. The van der Waals surface area contributed by atoms with Crippen LogP contribution in [0.5, 0.6) is 0 Å². The molecule has 4 aromatic heterocycles. The van der Waals surface area contributed by atoms with Gasteiger partial charge in [0.05, 0.1) is 6.67 Å². The number of nitrogens with one attached hydrogen (secondary N) is 6. The van der Waals surface area contributed by atoms with Crippen molar-refractivity contribution in [1.82, 2.24) is 39.9 Å². The fourth-order valence-electron chi connectivity index (χ4n) is 2.65. The molecule has 4 aromatic rings. The number of hydrogen-bond donors (Lipinski definition) is 6. The number of anilines is 4. The van der Waals surface area contributed by atoms with E-state index < -0.39 is 0 Å². The number of nitrogens with zero attached hydrogens (tertiary/aromatic N) is 6. The number of aromatic nitrogens is 8. The van der Waals surface area contributed by atoms with Crippen LogP contribution in [0.15, 0.2) is 36.9 Å². The minimum Gasteiger partial charge on any atom is -0.367 e. The highest BCUT2D eigenvalue weighted by molar-refractivity contribution is 5.36. The first-order valence-electron chi connectivity index (χ1n) is 9.16. The number of rotatable bonds is 10. The van der Waals surface area contributed by atoms with Crippen molar-refractivity contribution in [2.45, 2.75) is 19.8 Å². The van der Waals surface area contributed by atoms with Crippen molar-refractivity contribution >= 4 is 23.8 Å². The van der Waals surface area contributed by atoms with Gasteiger partial charge in [0.15, 0.2) is 0 Å². The molecular formula is C17H24N12. The van der Waals surface area contributed by atoms with Crippen LogP contribution < -0.4 is 20.9 Å². The summed E-state index contributed by atoms with van der Waals surface area (Å²) in [6.45, 7) is 1.89. The largest absolute Gasteiger partial charge is 0.367 e. The summed E-state index contributed by atoms with van der Waals surface area (Å²) in [4.78, 5) is 11.1. The van der Waals surface area contributed by atoms with Gasteiger partial charge < -0.3 is 30.4 Å². The van der Waals surface area contributed by atoms with Crippen molar-refractivity contribution in [2.24, 2.45) is 0 Å². The van der Waals surface area contributed by atoms with Gasteiger partial charge in [-0.2, -0.15) is 0 Å². The van der Waals surface area contributed by atoms with Gasteiger partial charge in [-0.25, -0.2) is 0 Å². The maximum atomic E-state index is 4.09. The van der Waals surface area contributed by atoms with Crippen LogP contribution in [0.1, 0.15) is 11.1 Å². The molecule has 0 bridgehead atoms. The van der Waals surface area contributed by atoms with Gasteiger partial charge in [0.25, 0.3) is 0 Å². The van der Waals surface area contributed by atoms with Crippen LogP contribution in [-0.2, 0) is 19.8 Å². The van der Waals surface area contributed by atoms with Gasteiger partial charge in [-0.3, -0.25) is 9.97 Å². The fraction of sp³-hybridized carbons (Fsp3) is 0.294. The molecule has 0 spiro atoms. The molecule has 0 atom stereocenters.